The molecule has 1 atom stereocenters. The minimum atomic E-state index is -0.783. The van der Waals surface area contributed by atoms with Gasteiger partial charge in [-0.3, -0.25) is 9.59 Å². The van der Waals surface area contributed by atoms with Crippen molar-refractivity contribution in [3.05, 3.63) is 75.6 Å². The van der Waals surface area contributed by atoms with Gasteiger partial charge >= 0.3 is 0 Å². The third-order valence-electron chi connectivity index (χ3n) is 3.96. The van der Waals surface area contributed by atoms with Crippen LogP contribution < -0.4 is 10.9 Å². The molecule has 3 rings (SSSR count). The number of fused-ring (bicyclic) bond motifs is 1. The van der Waals surface area contributed by atoms with Gasteiger partial charge in [0.1, 0.15) is 11.6 Å². The van der Waals surface area contributed by atoms with Gasteiger partial charge in [-0.2, -0.15) is 4.39 Å². The molecule has 26 heavy (non-hydrogen) atoms. The molecule has 0 aliphatic rings. The van der Waals surface area contributed by atoms with E-state index in [1.54, 1.807) is 0 Å². The van der Waals surface area contributed by atoms with Gasteiger partial charge in [-0.05, 0) is 25.1 Å². The second-order valence-electron chi connectivity index (χ2n) is 5.82. The summed E-state index contributed by atoms with van der Waals surface area (Å²) in [5.41, 5.74) is -0.0941. The quantitative estimate of drug-likeness (QED) is 0.702. The molecule has 8 heteroatoms. The number of H-pyrrole nitrogens is 1. The number of hydrogen-bond acceptors (Lipinski definition) is 3. The van der Waals surface area contributed by atoms with Crippen molar-refractivity contribution in [1.29, 1.82) is 0 Å². The summed E-state index contributed by atoms with van der Waals surface area (Å²) >= 11 is 0. The number of aromatic amines is 1. The highest BCUT2D eigenvalue weighted by Crippen LogP contribution is 2.18. The summed E-state index contributed by atoms with van der Waals surface area (Å²) in [5.74, 6) is -2.82. The summed E-state index contributed by atoms with van der Waals surface area (Å²) in [5, 5.41) is 2.62. The average Bonchev–Trinajstić information content (AvgIpc) is 2.56. The minimum absolute atomic E-state index is 0.0497. The molecule has 0 radical (unpaired) electrons. The summed E-state index contributed by atoms with van der Waals surface area (Å²) in [7, 11) is 0. The molecule has 0 aliphatic carbocycles. The molecule has 0 saturated carbocycles. The van der Waals surface area contributed by atoms with Gasteiger partial charge < -0.3 is 10.3 Å². The van der Waals surface area contributed by atoms with Crippen LogP contribution in [0, 0.1) is 17.6 Å². The molecule has 1 amide bonds. The molecule has 0 unspecified atom stereocenters. The van der Waals surface area contributed by atoms with E-state index in [4.69, 9.17) is 0 Å². The highest BCUT2D eigenvalue weighted by Gasteiger charge is 2.16. The molecule has 2 aromatic heterocycles. The van der Waals surface area contributed by atoms with Crippen LogP contribution in [0.5, 0.6) is 0 Å². The van der Waals surface area contributed by atoms with Crippen molar-refractivity contribution in [2.75, 3.05) is 0 Å². The first-order valence-corrected chi connectivity index (χ1v) is 7.76. The minimum Gasteiger partial charge on any atom is -0.349 e. The lowest BCUT2D eigenvalue weighted by molar-refractivity contribution is -0.121. The number of halogens is 3. The molecule has 1 aromatic carbocycles. The van der Waals surface area contributed by atoms with Crippen LogP contribution in [0.4, 0.5) is 13.2 Å². The lowest BCUT2D eigenvalue weighted by Gasteiger charge is -2.15. The highest BCUT2D eigenvalue weighted by molar-refractivity contribution is 5.82. The Morgan fingerprint density at radius 3 is 2.73 bits per heavy atom. The fraction of sp³-hybridized carbons (Fsp3) is 0.167. The average molecular weight is 361 g/mol. The number of rotatable bonds is 4. The molecule has 2 heterocycles. The molecule has 5 nitrogen and oxygen atoms in total. The molecule has 0 spiro atoms. The maximum Gasteiger partial charge on any atom is 0.252 e. The number of carbonyl (C=O) groups excluding carboxylic acids is 1. The van der Waals surface area contributed by atoms with E-state index in [9.17, 15) is 22.8 Å². The molecule has 0 bridgehead atoms. The second kappa shape index (κ2) is 6.99. The lowest BCUT2D eigenvalue weighted by atomic mass is 10.1. The van der Waals surface area contributed by atoms with Crippen molar-refractivity contribution < 1.29 is 18.0 Å². The third-order valence-corrected chi connectivity index (χ3v) is 3.96. The Kier molecular flexibility index (Phi) is 4.75. The van der Waals surface area contributed by atoms with E-state index in [0.717, 1.165) is 12.1 Å². The largest absolute Gasteiger partial charge is 0.349 e. The van der Waals surface area contributed by atoms with E-state index in [0.29, 0.717) is 0 Å². The van der Waals surface area contributed by atoms with Crippen molar-refractivity contribution >= 4 is 16.8 Å². The van der Waals surface area contributed by atoms with E-state index in [1.165, 1.54) is 31.3 Å². The smallest absolute Gasteiger partial charge is 0.252 e. The molecule has 0 fully saturated rings. The predicted molar refractivity (Wildman–Crippen MR) is 88.9 cm³/mol. The highest BCUT2D eigenvalue weighted by atomic mass is 19.1. The summed E-state index contributed by atoms with van der Waals surface area (Å²) in [6.07, 6.45) is 0.895. The van der Waals surface area contributed by atoms with Crippen LogP contribution in [0.25, 0.3) is 10.9 Å². The monoisotopic (exact) mass is 361 g/mol. The fourth-order valence-corrected chi connectivity index (χ4v) is 2.66. The standard InChI is InChI=1S/C18H14F3N3O2/c1-9(12-3-2-11(19)8-14(12)20)23-16(25)7-10-6-13-15(24-18(10)26)4-5-22-17(13)21/h2-6,8-9H,7H2,1H3,(H,23,25)(H,24,26)/t9-/m0/s1. The zero-order chi connectivity index (χ0) is 18.8. The summed E-state index contributed by atoms with van der Waals surface area (Å²) < 4.78 is 40.5. The Labute approximate surface area is 145 Å². The second-order valence-corrected chi connectivity index (χ2v) is 5.82. The molecule has 0 saturated heterocycles. The number of nitrogens with zero attached hydrogens (tertiary/aromatic N) is 1. The van der Waals surface area contributed by atoms with Crippen LogP contribution in [0.2, 0.25) is 0 Å². The van der Waals surface area contributed by atoms with E-state index < -0.39 is 35.1 Å². The Morgan fingerprint density at radius 2 is 2.00 bits per heavy atom. The molecular weight excluding hydrogens is 347 g/mol. The Hall–Kier alpha value is -3.16. The summed E-state index contributed by atoms with van der Waals surface area (Å²) in [4.78, 5) is 30.2. The zero-order valence-corrected chi connectivity index (χ0v) is 13.6. The van der Waals surface area contributed by atoms with E-state index in [-0.39, 0.29) is 28.5 Å². The van der Waals surface area contributed by atoms with Crippen LogP contribution >= 0.6 is 0 Å². The Morgan fingerprint density at radius 1 is 1.23 bits per heavy atom. The van der Waals surface area contributed by atoms with Gasteiger partial charge in [0.25, 0.3) is 5.56 Å². The summed E-state index contributed by atoms with van der Waals surface area (Å²) in [6.45, 7) is 1.53. The Bertz CT molecular complexity index is 1050. The van der Waals surface area contributed by atoms with Crippen molar-refractivity contribution in [3.63, 3.8) is 0 Å². The lowest BCUT2D eigenvalue weighted by Crippen LogP contribution is -2.30. The van der Waals surface area contributed by atoms with Gasteiger partial charge in [-0.25, -0.2) is 13.8 Å². The Balaban J connectivity index is 1.79. The molecule has 3 aromatic rings. The van der Waals surface area contributed by atoms with Crippen LogP contribution in [0.3, 0.4) is 0 Å². The zero-order valence-electron chi connectivity index (χ0n) is 13.6. The number of carbonyl (C=O) groups is 1. The van der Waals surface area contributed by atoms with Crippen LogP contribution in [0.15, 0.2) is 41.3 Å². The molecule has 2 N–H and O–H groups in total. The van der Waals surface area contributed by atoms with Gasteiger partial charge in [0, 0.05) is 23.4 Å². The number of hydrogen-bond donors (Lipinski definition) is 2. The predicted octanol–water partition coefficient (Wildman–Crippen LogP) is 2.76. The van der Waals surface area contributed by atoms with Gasteiger partial charge in [-0.1, -0.05) is 6.07 Å². The third kappa shape index (κ3) is 3.58. The number of nitrogens with one attached hydrogen (secondary N) is 2. The number of amides is 1. The number of aromatic nitrogens is 2. The van der Waals surface area contributed by atoms with E-state index >= 15 is 0 Å². The molecule has 0 aliphatic heterocycles. The van der Waals surface area contributed by atoms with Gasteiger partial charge in [0.15, 0.2) is 0 Å². The first kappa shape index (κ1) is 17.7. The SMILES string of the molecule is C[C@H](NC(=O)Cc1cc2c(F)nccc2[nH]c1=O)c1ccc(F)cc1F. The van der Waals surface area contributed by atoms with Gasteiger partial charge in [-0.15, -0.1) is 0 Å². The molecule has 134 valence electrons. The van der Waals surface area contributed by atoms with E-state index in [1.807, 2.05) is 0 Å². The summed E-state index contributed by atoms with van der Waals surface area (Å²) in [6, 6.07) is 5.02. The van der Waals surface area contributed by atoms with E-state index in [2.05, 4.69) is 15.3 Å². The van der Waals surface area contributed by atoms with Crippen LogP contribution in [0.1, 0.15) is 24.1 Å². The van der Waals surface area contributed by atoms with Gasteiger partial charge in [0.2, 0.25) is 11.9 Å². The maximum absolute atomic E-state index is 13.8. The topological polar surface area (TPSA) is 74.8 Å². The van der Waals surface area contributed by atoms with Crippen molar-refractivity contribution in [3.8, 4) is 0 Å². The van der Waals surface area contributed by atoms with Crippen LogP contribution in [-0.4, -0.2) is 15.9 Å². The van der Waals surface area contributed by atoms with Crippen molar-refractivity contribution in [2.45, 2.75) is 19.4 Å². The first-order chi connectivity index (χ1) is 12.3. The normalized spacial score (nSPS) is 12.2. The molecular formula is C18H14F3N3O2. The van der Waals surface area contributed by atoms with Crippen molar-refractivity contribution in [1.82, 2.24) is 15.3 Å². The number of pyridine rings is 2. The van der Waals surface area contributed by atoms with Gasteiger partial charge in [0.05, 0.1) is 23.4 Å². The van der Waals surface area contributed by atoms with Crippen molar-refractivity contribution in [2.24, 2.45) is 0 Å². The maximum atomic E-state index is 13.8. The number of benzene rings is 1. The fourth-order valence-electron chi connectivity index (χ4n) is 2.66. The van der Waals surface area contributed by atoms with Crippen LogP contribution in [-0.2, 0) is 11.2 Å². The first-order valence-electron chi connectivity index (χ1n) is 7.76.